The summed E-state index contributed by atoms with van der Waals surface area (Å²) in [5.74, 6) is -0.00528. The highest BCUT2D eigenvalue weighted by molar-refractivity contribution is 5.87. The summed E-state index contributed by atoms with van der Waals surface area (Å²) in [5, 5.41) is 4.08. The molecule has 0 amide bonds. The molecule has 1 aromatic carbocycles. The van der Waals surface area contributed by atoms with Gasteiger partial charge in [-0.3, -0.25) is 9.48 Å². The molecule has 1 heterocycles. The molecule has 4 nitrogen and oxygen atoms in total. The summed E-state index contributed by atoms with van der Waals surface area (Å²) in [5.41, 5.74) is 1.01. The van der Waals surface area contributed by atoms with E-state index in [0.29, 0.717) is 23.1 Å². The molecule has 1 aromatic heterocycles. The van der Waals surface area contributed by atoms with Gasteiger partial charge in [-0.1, -0.05) is 12.1 Å². The van der Waals surface area contributed by atoms with E-state index in [1.54, 1.807) is 25.2 Å². The SMILES string of the molecule is Cn1cc(C=O)c(-c2ccccc2OC(F)F)n1. The first-order valence-electron chi connectivity index (χ1n) is 5.15. The van der Waals surface area contributed by atoms with Crippen LogP contribution < -0.4 is 4.74 Å². The lowest BCUT2D eigenvalue weighted by Gasteiger charge is -2.08. The summed E-state index contributed by atoms with van der Waals surface area (Å²) in [6, 6.07) is 6.22. The minimum absolute atomic E-state index is 0.00528. The molecule has 18 heavy (non-hydrogen) atoms. The van der Waals surface area contributed by atoms with Crippen LogP contribution in [0.25, 0.3) is 11.3 Å². The van der Waals surface area contributed by atoms with Crippen molar-refractivity contribution >= 4 is 6.29 Å². The number of para-hydroxylation sites is 1. The Balaban J connectivity index is 2.52. The van der Waals surface area contributed by atoms with Crippen LogP contribution in [0.5, 0.6) is 5.75 Å². The fourth-order valence-electron chi connectivity index (χ4n) is 1.66. The Kier molecular flexibility index (Phi) is 3.36. The molecule has 0 saturated carbocycles. The van der Waals surface area contributed by atoms with Crippen molar-refractivity contribution < 1.29 is 18.3 Å². The maximum atomic E-state index is 12.3. The normalized spacial score (nSPS) is 10.7. The highest BCUT2D eigenvalue weighted by Crippen LogP contribution is 2.31. The molecule has 94 valence electrons. The standard InChI is InChI=1S/C12H10F2N2O2/c1-16-6-8(7-17)11(15-16)9-4-2-3-5-10(9)18-12(13)14/h2-7,12H,1H3. The van der Waals surface area contributed by atoms with Crippen LogP contribution in [0.15, 0.2) is 30.5 Å². The third kappa shape index (κ3) is 2.37. The Bertz CT molecular complexity index is 567. The molecular formula is C12H10F2N2O2. The van der Waals surface area contributed by atoms with E-state index in [-0.39, 0.29) is 5.75 Å². The zero-order valence-electron chi connectivity index (χ0n) is 9.51. The minimum atomic E-state index is -2.92. The van der Waals surface area contributed by atoms with Gasteiger partial charge >= 0.3 is 6.61 Å². The number of halogens is 2. The van der Waals surface area contributed by atoms with Crippen LogP contribution in [0.4, 0.5) is 8.78 Å². The fourth-order valence-corrected chi connectivity index (χ4v) is 1.66. The van der Waals surface area contributed by atoms with Crippen LogP contribution in [0.1, 0.15) is 10.4 Å². The first kappa shape index (κ1) is 12.2. The number of carbonyl (C=O) groups is 1. The molecule has 0 spiro atoms. The predicted molar refractivity (Wildman–Crippen MR) is 60.7 cm³/mol. The number of hydrogen-bond donors (Lipinski definition) is 0. The molecule has 2 aromatic rings. The molecule has 6 heteroatoms. The average Bonchev–Trinajstić information content (AvgIpc) is 2.70. The Morgan fingerprint density at radius 2 is 2.11 bits per heavy atom. The summed E-state index contributed by atoms with van der Waals surface area (Å²) in [4.78, 5) is 10.9. The van der Waals surface area contributed by atoms with Crippen LogP contribution >= 0.6 is 0 Å². The van der Waals surface area contributed by atoms with Crippen molar-refractivity contribution in [3.05, 3.63) is 36.0 Å². The predicted octanol–water partition coefficient (Wildman–Crippen LogP) is 2.50. The zero-order valence-corrected chi connectivity index (χ0v) is 9.51. The van der Waals surface area contributed by atoms with Gasteiger partial charge < -0.3 is 4.74 Å². The number of aldehydes is 1. The van der Waals surface area contributed by atoms with E-state index in [0.717, 1.165) is 0 Å². The first-order chi connectivity index (χ1) is 8.61. The third-order valence-corrected chi connectivity index (χ3v) is 2.34. The second kappa shape index (κ2) is 4.95. The van der Waals surface area contributed by atoms with Crippen molar-refractivity contribution in [1.82, 2.24) is 9.78 Å². The molecule has 0 unspecified atom stereocenters. The summed E-state index contributed by atoms with van der Waals surface area (Å²) in [6.07, 6.45) is 2.14. The van der Waals surface area contributed by atoms with Gasteiger partial charge in [-0.05, 0) is 12.1 Å². The second-order valence-corrected chi connectivity index (χ2v) is 3.60. The molecule has 2 rings (SSSR count). The third-order valence-electron chi connectivity index (χ3n) is 2.34. The first-order valence-corrected chi connectivity index (χ1v) is 5.15. The van der Waals surface area contributed by atoms with E-state index in [2.05, 4.69) is 9.84 Å². The number of rotatable bonds is 4. The summed E-state index contributed by atoms with van der Waals surface area (Å²) < 4.78 is 30.4. The molecule has 0 radical (unpaired) electrons. The Morgan fingerprint density at radius 1 is 1.39 bits per heavy atom. The van der Waals surface area contributed by atoms with Crippen molar-refractivity contribution in [2.45, 2.75) is 6.61 Å². The lowest BCUT2D eigenvalue weighted by Crippen LogP contribution is -2.03. The zero-order chi connectivity index (χ0) is 13.1. The van der Waals surface area contributed by atoms with Gasteiger partial charge in [0.15, 0.2) is 6.29 Å². The van der Waals surface area contributed by atoms with Gasteiger partial charge in [0.25, 0.3) is 0 Å². The van der Waals surface area contributed by atoms with Crippen molar-refractivity contribution in [3.8, 4) is 17.0 Å². The Hall–Kier alpha value is -2.24. The number of aromatic nitrogens is 2. The number of benzene rings is 1. The smallest absolute Gasteiger partial charge is 0.387 e. The van der Waals surface area contributed by atoms with Crippen molar-refractivity contribution in [2.75, 3.05) is 0 Å². The van der Waals surface area contributed by atoms with Crippen LogP contribution in [0, 0.1) is 0 Å². The number of carbonyl (C=O) groups excluding carboxylic acids is 1. The van der Waals surface area contributed by atoms with Gasteiger partial charge in [0.1, 0.15) is 11.4 Å². The maximum Gasteiger partial charge on any atom is 0.387 e. The van der Waals surface area contributed by atoms with Gasteiger partial charge in [-0.15, -0.1) is 0 Å². The second-order valence-electron chi connectivity index (χ2n) is 3.60. The van der Waals surface area contributed by atoms with Gasteiger partial charge in [-0.25, -0.2) is 0 Å². The van der Waals surface area contributed by atoms with E-state index < -0.39 is 6.61 Å². The van der Waals surface area contributed by atoms with E-state index in [9.17, 15) is 13.6 Å². The monoisotopic (exact) mass is 252 g/mol. The number of hydrogen-bond acceptors (Lipinski definition) is 3. The largest absolute Gasteiger partial charge is 0.434 e. The average molecular weight is 252 g/mol. The molecule has 0 saturated heterocycles. The number of ether oxygens (including phenoxy) is 1. The number of alkyl halides is 2. The van der Waals surface area contributed by atoms with Gasteiger partial charge in [0, 0.05) is 18.8 Å². The van der Waals surface area contributed by atoms with Crippen LogP contribution in [-0.4, -0.2) is 22.7 Å². The lowest BCUT2D eigenvalue weighted by atomic mass is 10.1. The highest BCUT2D eigenvalue weighted by atomic mass is 19.3. The number of nitrogens with zero attached hydrogens (tertiary/aromatic N) is 2. The molecule has 0 atom stereocenters. The van der Waals surface area contributed by atoms with Gasteiger partial charge in [-0.2, -0.15) is 13.9 Å². The van der Waals surface area contributed by atoms with E-state index in [1.807, 2.05) is 0 Å². The summed E-state index contributed by atoms with van der Waals surface area (Å²) in [6.45, 7) is -2.92. The maximum absolute atomic E-state index is 12.3. The molecule has 0 aliphatic carbocycles. The quantitative estimate of drug-likeness (QED) is 0.785. The van der Waals surface area contributed by atoms with E-state index in [4.69, 9.17) is 0 Å². The van der Waals surface area contributed by atoms with Crippen molar-refractivity contribution in [1.29, 1.82) is 0 Å². The van der Waals surface area contributed by atoms with Crippen molar-refractivity contribution in [3.63, 3.8) is 0 Å². The highest BCUT2D eigenvalue weighted by Gasteiger charge is 2.16. The topological polar surface area (TPSA) is 44.1 Å². The van der Waals surface area contributed by atoms with Gasteiger partial charge in [0.2, 0.25) is 0 Å². The molecule has 0 aliphatic rings. The molecule has 0 bridgehead atoms. The van der Waals surface area contributed by atoms with Crippen LogP contribution in [0.3, 0.4) is 0 Å². The number of aryl methyl sites for hydroxylation is 1. The molecular weight excluding hydrogens is 242 g/mol. The van der Waals surface area contributed by atoms with Crippen molar-refractivity contribution in [2.24, 2.45) is 7.05 Å². The summed E-state index contributed by atoms with van der Waals surface area (Å²) >= 11 is 0. The minimum Gasteiger partial charge on any atom is -0.434 e. The molecule has 0 N–H and O–H groups in total. The van der Waals surface area contributed by atoms with E-state index >= 15 is 0 Å². The lowest BCUT2D eigenvalue weighted by molar-refractivity contribution is -0.0494. The van der Waals surface area contributed by atoms with Crippen LogP contribution in [0.2, 0.25) is 0 Å². The van der Waals surface area contributed by atoms with Crippen LogP contribution in [-0.2, 0) is 7.05 Å². The molecule has 0 aliphatic heterocycles. The van der Waals surface area contributed by atoms with E-state index in [1.165, 1.54) is 16.9 Å². The fraction of sp³-hybridized carbons (Fsp3) is 0.167. The Labute approximate surface area is 102 Å². The summed E-state index contributed by atoms with van der Waals surface area (Å²) in [7, 11) is 1.65. The molecule has 0 fully saturated rings. The van der Waals surface area contributed by atoms with Gasteiger partial charge in [0.05, 0.1) is 5.56 Å². The Morgan fingerprint density at radius 3 is 2.78 bits per heavy atom.